The summed E-state index contributed by atoms with van der Waals surface area (Å²) in [7, 11) is 0. The van der Waals surface area contributed by atoms with Gasteiger partial charge in [0.05, 0.1) is 11.3 Å². The third kappa shape index (κ3) is 11.2. The molecule has 1 rings (SSSR count). The lowest BCUT2D eigenvalue weighted by molar-refractivity contribution is -0.174. The van der Waals surface area contributed by atoms with Crippen LogP contribution in [-0.4, -0.2) is 23.1 Å². The molecule has 0 saturated heterocycles. The zero-order valence-corrected chi connectivity index (χ0v) is 21.5. The normalized spacial score (nSPS) is 21.9. The van der Waals surface area contributed by atoms with Crippen LogP contribution in [0.5, 0.6) is 0 Å². The summed E-state index contributed by atoms with van der Waals surface area (Å²) in [4.78, 5) is 25.0. The summed E-state index contributed by atoms with van der Waals surface area (Å²) in [6, 6.07) is 0. The van der Waals surface area contributed by atoms with Crippen molar-refractivity contribution in [1.29, 1.82) is 0 Å². The number of rotatable bonds is 19. The summed E-state index contributed by atoms with van der Waals surface area (Å²) in [5.74, 6) is -1.72. The number of ether oxygens (including phenoxy) is 1. The average molecular weight is 453 g/mol. The Hall–Kier alpha value is -1.06. The van der Waals surface area contributed by atoms with Crippen molar-refractivity contribution in [3.63, 3.8) is 0 Å². The summed E-state index contributed by atoms with van der Waals surface area (Å²) in [6.45, 7) is 6.30. The molecule has 1 fully saturated rings. The first-order chi connectivity index (χ1) is 15.5. The van der Waals surface area contributed by atoms with Crippen LogP contribution in [0, 0.1) is 11.3 Å². The number of unbranched alkanes of at least 4 members (excludes halogenated alkanes) is 12. The summed E-state index contributed by atoms with van der Waals surface area (Å²) in [5, 5.41) is 9.67. The summed E-state index contributed by atoms with van der Waals surface area (Å²) < 4.78 is 6.06. The van der Waals surface area contributed by atoms with Gasteiger partial charge < -0.3 is 9.84 Å². The fourth-order valence-corrected chi connectivity index (χ4v) is 5.18. The van der Waals surface area contributed by atoms with Gasteiger partial charge in [-0.15, -0.1) is 0 Å². The van der Waals surface area contributed by atoms with Crippen LogP contribution in [0.25, 0.3) is 0 Å². The first-order valence-electron chi connectivity index (χ1n) is 13.9. The van der Waals surface area contributed by atoms with Gasteiger partial charge in [-0.05, 0) is 45.4 Å². The summed E-state index contributed by atoms with van der Waals surface area (Å²) >= 11 is 0. The standard InChI is InChI=1S/C28H52O4/c1-4-6-8-10-12-13-15-17-21-24(20-16-14-11-9-7-5-2)32-27(31)28(3)23-19-18-22-25(28)26(29)30/h24-25H,4-23H2,1-3H3,(H,29,30). The van der Waals surface area contributed by atoms with E-state index in [0.29, 0.717) is 12.8 Å². The van der Waals surface area contributed by atoms with Crippen LogP contribution in [-0.2, 0) is 14.3 Å². The number of hydrogen-bond acceptors (Lipinski definition) is 3. The topological polar surface area (TPSA) is 63.6 Å². The first-order valence-corrected chi connectivity index (χ1v) is 13.9. The van der Waals surface area contributed by atoms with Gasteiger partial charge >= 0.3 is 11.9 Å². The first kappa shape index (κ1) is 29.0. The zero-order valence-electron chi connectivity index (χ0n) is 21.5. The minimum Gasteiger partial charge on any atom is -0.481 e. The Labute approximate surface area is 198 Å². The van der Waals surface area contributed by atoms with Gasteiger partial charge in [0.25, 0.3) is 0 Å². The lowest BCUT2D eigenvalue weighted by Gasteiger charge is -2.37. The van der Waals surface area contributed by atoms with Gasteiger partial charge in [-0.1, -0.05) is 104 Å². The summed E-state index contributed by atoms with van der Waals surface area (Å²) in [5.41, 5.74) is -0.872. The smallest absolute Gasteiger partial charge is 0.312 e. The molecule has 1 aliphatic carbocycles. The number of hydrogen-bond donors (Lipinski definition) is 1. The van der Waals surface area contributed by atoms with Crippen molar-refractivity contribution in [2.24, 2.45) is 11.3 Å². The quantitative estimate of drug-likeness (QED) is 0.158. The van der Waals surface area contributed by atoms with Crippen molar-refractivity contribution in [2.45, 2.75) is 155 Å². The molecular weight excluding hydrogens is 400 g/mol. The van der Waals surface area contributed by atoms with Crippen molar-refractivity contribution in [3.05, 3.63) is 0 Å². The number of esters is 1. The number of carbonyl (C=O) groups is 2. The third-order valence-corrected chi connectivity index (χ3v) is 7.51. The molecule has 0 aromatic rings. The molecule has 0 spiro atoms. The van der Waals surface area contributed by atoms with Gasteiger partial charge in [0.2, 0.25) is 0 Å². The van der Waals surface area contributed by atoms with E-state index >= 15 is 0 Å². The predicted octanol–water partition coefficient (Wildman–Crippen LogP) is 8.46. The van der Waals surface area contributed by atoms with E-state index in [1.807, 2.05) is 6.92 Å². The Bertz CT molecular complexity index is 504. The maximum Gasteiger partial charge on any atom is 0.312 e. The Morgan fingerprint density at radius 3 is 1.75 bits per heavy atom. The molecule has 3 atom stereocenters. The molecule has 0 bridgehead atoms. The van der Waals surface area contributed by atoms with Crippen LogP contribution in [0.2, 0.25) is 0 Å². The monoisotopic (exact) mass is 452 g/mol. The van der Waals surface area contributed by atoms with Gasteiger partial charge in [-0.25, -0.2) is 0 Å². The molecule has 4 nitrogen and oxygen atoms in total. The van der Waals surface area contributed by atoms with Crippen molar-refractivity contribution in [3.8, 4) is 0 Å². The highest BCUT2D eigenvalue weighted by molar-refractivity contribution is 5.84. The predicted molar refractivity (Wildman–Crippen MR) is 133 cm³/mol. The molecule has 4 heteroatoms. The average Bonchev–Trinajstić information content (AvgIpc) is 2.77. The van der Waals surface area contributed by atoms with E-state index in [1.54, 1.807) is 0 Å². The highest BCUT2D eigenvalue weighted by atomic mass is 16.5. The molecule has 32 heavy (non-hydrogen) atoms. The second-order valence-corrected chi connectivity index (χ2v) is 10.4. The Morgan fingerprint density at radius 1 is 0.812 bits per heavy atom. The van der Waals surface area contributed by atoms with E-state index in [2.05, 4.69) is 13.8 Å². The van der Waals surface area contributed by atoms with Gasteiger partial charge in [-0.3, -0.25) is 9.59 Å². The van der Waals surface area contributed by atoms with Crippen molar-refractivity contribution >= 4 is 11.9 Å². The fourth-order valence-electron chi connectivity index (χ4n) is 5.18. The maximum atomic E-state index is 13.2. The molecule has 188 valence electrons. The fraction of sp³-hybridized carbons (Fsp3) is 0.929. The molecule has 0 aromatic carbocycles. The Kier molecular flexibility index (Phi) is 15.8. The molecule has 3 unspecified atom stereocenters. The van der Waals surface area contributed by atoms with Crippen molar-refractivity contribution in [2.75, 3.05) is 0 Å². The van der Waals surface area contributed by atoms with Crippen molar-refractivity contribution < 1.29 is 19.4 Å². The molecule has 0 radical (unpaired) electrons. The van der Waals surface area contributed by atoms with Crippen LogP contribution in [0.4, 0.5) is 0 Å². The Morgan fingerprint density at radius 2 is 1.28 bits per heavy atom. The second-order valence-electron chi connectivity index (χ2n) is 10.4. The van der Waals surface area contributed by atoms with Crippen LogP contribution in [0.1, 0.15) is 149 Å². The number of aliphatic carboxylic acids is 1. The minimum absolute atomic E-state index is 0.0537. The van der Waals surface area contributed by atoms with Gasteiger partial charge in [0, 0.05) is 0 Å². The minimum atomic E-state index is -0.872. The van der Waals surface area contributed by atoms with E-state index in [-0.39, 0.29) is 12.1 Å². The molecule has 1 N–H and O–H groups in total. The number of carboxylic acids is 1. The van der Waals surface area contributed by atoms with E-state index in [0.717, 1.165) is 38.5 Å². The van der Waals surface area contributed by atoms with E-state index in [4.69, 9.17) is 4.74 Å². The van der Waals surface area contributed by atoms with Gasteiger partial charge in [-0.2, -0.15) is 0 Å². The number of carboxylic acid groups (broad SMARTS) is 1. The van der Waals surface area contributed by atoms with Gasteiger partial charge in [0.15, 0.2) is 0 Å². The zero-order chi connectivity index (χ0) is 23.7. The maximum absolute atomic E-state index is 13.2. The van der Waals surface area contributed by atoms with Gasteiger partial charge in [0.1, 0.15) is 6.10 Å². The molecule has 0 amide bonds. The second kappa shape index (κ2) is 17.4. The molecule has 0 heterocycles. The van der Waals surface area contributed by atoms with E-state index in [1.165, 1.54) is 77.0 Å². The van der Waals surface area contributed by atoms with Crippen LogP contribution in [0.3, 0.4) is 0 Å². The lowest BCUT2D eigenvalue weighted by atomic mass is 9.67. The SMILES string of the molecule is CCCCCCCCCCC(CCCCCCCC)OC(=O)C1(C)CCCCC1C(=O)O. The molecule has 0 aromatic heterocycles. The number of carbonyl (C=O) groups excluding carboxylic acids is 1. The van der Waals surface area contributed by atoms with E-state index < -0.39 is 17.3 Å². The largest absolute Gasteiger partial charge is 0.481 e. The highest BCUT2D eigenvalue weighted by Gasteiger charge is 2.48. The third-order valence-electron chi connectivity index (χ3n) is 7.51. The van der Waals surface area contributed by atoms with Crippen molar-refractivity contribution in [1.82, 2.24) is 0 Å². The molecular formula is C28H52O4. The van der Waals surface area contributed by atoms with E-state index in [9.17, 15) is 14.7 Å². The molecule has 1 aliphatic rings. The summed E-state index contributed by atoms with van der Waals surface area (Å²) in [6.07, 6.45) is 22.4. The Balaban J connectivity index is 2.52. The molecule has 0 aliphatic heterocycles. The lowest BCUT2D eigenvalue weighted by Crippen LogP contribution is -2.44. The van der Waals surface area contributed by atoms with Crippen LogP contribution in [0.15, 0.2) is 0 Å². The highest BCUT2D eigenvalue weighted by Crippen LogP contribution is 2.42. The van der Waals surface area contributed by atoms with Crippen LogP contribution >= 0.6 is 0 Å². The molecule has 1 saturated carbocycles. The van der Waals surface area contributed by atoms with Crippen LogP contribution < -0.4 is 0 Å².